The lowest BCUT2D eigenvalue weighted by Gasteiger charge is -2.04. The Kier molecular flexibility index (Phi) is 3.82. The highest BCUT2D eigenvalue weighted by atomic mass is 79.9. The number of nitrogen functional groups attached to an aromatic ring is 1. The molecule has 0 saturated heterocycles. The van der Waals surface area contributed by atoms with Gasteiger partial charge in [-0.05, 0) is 35.9 Å². The van der Waals surface area contributed by atoms with Crippen LogP contribution in [0.25, 0.3) is 22.5 Å². The smallest absolute Gasteiger partial charge is 0.177 e. The number of nitrogens with two attached hydrogens (primary N) is 1. The van der Waals surface area contributed by atoms with Crippen molar-refractivity contribution in [3.05, 3.63) is 57.2 Å². The summed E-state index contributed by atoms with van der Waals surface area (Å²) in [5.41, 5.74) is 7.97. The van der Waals surface area contributed by atoms with Crippen molar-refractivity contribution < 1.29 is 8.91 Å². The van der Waals surface area contributed by atoms with Crippen molar-refractivity contribution in [1.29, 1.82) is 0 Å². The average molecular weight is 412 g/mol. The number of anilines is 1. The Morgan fingerprint density at radius 1 is 1.00 bits per heavy atom. The highest BCUT2D eigenvalue weighted by Crippen LogP contribution is 2.38. The average Bonchev–Trinajstić information content (AvgIpc) is 2.79. The first-order valence-electron chi connectivity index (χ1n) is 6.02. The Labute approximate surface area is 137 Å². The molecule has 0 unspecified atom stereocenters. The first-order chi connectivity index (χ1) is 10.0. The molecule has 0 aliphatic carbocycles. The number of hydrogen-bond donors (Lipinski definition) is 1. The molecule has 0 atom stereocenters. The first-order valence-corrected chi connectivity index (χ1v) is 7.61. The van der Waals surface area contributed by atoms with E-state index in [4.69, 9.17) is 10.3 Å². The van der Waals surface area contributed by atoms with Gasteiger partial charge in [-0.2, -0.15) is 0 Å². The molecule has 0 saturated carbocycles. The molecule has 0 spiro atoms. The second kappa shape index (κ2) is 5.61. The highest BCUT2D eigenvalue weighted by Gasteiger charge is 2.18. The van der Waals surface area contributed by atoms with Gasteiger partial charge >= 0.3 is 0 Å². The van der Waals surface area contributed by atoms with E-state index in [1.165, 1.54) is 12.1 Å². The van der Waals surface area contributed by atoms with Gasteiger partial charge in [0.25, 0.3) is 0 Å². The third kappa shape index (κ3) is 2.87. The minimum atomic E-state index is -0.366. The van der Waals surface area contributed by atoms with E-state index >= 15 is 0 Å². The lowest BCUT2D eigenvalue weighted by atomic mass is 10.0. The molecule has 3 rings (SSSR count). The van der Waals surface area contributed by atoms with E-state index in [9.17, 15) is 4.39 Å². The summed E-state index contributed by atoms with van der Waals surface area (Å²) < 4.78 is 20.4. The van der Waals surface area contributed by atoms with Gasteiger partial charge in [-0.3, -0.25) is 0 Å². The van der Waals surface area contributed by atoms with Crippen molar-refractivity contribution >= 4 is 37.7 Å². The van der Waals surface area contributed by atoms with Crippen LogP contribution in [0.3, 0.4) is 0 Å². The topological polar surface area (TPSA) is 52.0 Å². The maximum Gasteiger partial charge on any atom is 0.177 e. The van der Waals surface area contributed by atoms with Gasteiger partial charge in [0.15, 0.2) is 11.6 Å². The monoisotopic (exact) mass is 410 g/mol. The SMILES string of the molecule is Nc1noc(-c2cc(F)cc(Br)c2)c1-c1cccc(Br)c1. The predicted molar refractivity (Wildman–Crippen MR) is 87.1 cm³/mol. The van der Waals surface area contributed by atoms with E-state index in [1.807, 2.05) is 24.3 Å². The molecule has 2 aromatic carbocycles. The van der Waals surface area contributed by atoms with Crippen LogP contribution in [-0.4, -0.2) is 5.16 Å². The zero-order valence-electron chi connectivity index (χ0n) is 10.6. The zero-order chi connectivity index (χ0) is 15.0. The summed E-state index contributed by atoms with van der Waals surface area (Å²) >= 11 is 6.69. The van der Waals surface area contributed by atoms with E-state index in [-0.39, 0.29) is 11.6 Å². The summed E-state index contributed by atoms with van der Waals surface area (Å²) in [6.45, 7) is 0. The van der Waals surface area contributed by atoms with Crippen LogP contribution in [0, 0.1) is 5.82 Å². The number of hydrogen-bond acceptors (Lipinski definition) is 3. The second-order valence-electron chi connectivity index (χ2n) is 4.44. The number of halogens is 3. The largest absolute Gasteiger partial charge is 0.380 e. The summed E-state index contributed by atoms with van der Waals surface area (Å²) in [5.74, 6) is 0.337. The second-order valence-corrected chi connectivity index (χ2v) is 6.27. The van der Waals surface area contributed by atoms with Gasteiger partial charge in [-0.25, -0.2) is 4.39 Å². The quantitative estimate of drug-likeness (QED) is 0.626. The van der Waals surface area contributed by atoms with Gasteiger partial charge in [0.2, 0.25) is 0 Å². The van der Waals surface area contributed by atoms with E-state index < -0.39 is 0 Å². The van der Waals surface area contributed by atoms with Crippen LogP contribution in [0.4, 0.5) is 10.2 Å². The fourth-order valence-electron chi connectivity index (χ4n) is 2.11. The summed E-state index contributed by atoms with van der Waals surface area (Å²) in [4.78, 5) is 0. The van der Waals surface area contributed by atoms with Crippen LogP contribution in [0.2, 0.25) is 0 Å². The van der Waals surface area contributed by atoms with Crippen molar-refractivity contribution in [1.82, 2.24) is 5.16 Å². The first kappa shape index (κ1) is 14.3. The van der Waals surface area contributed by atoms with Gasteiger partial charge in [0.1, 0.15) is 5.82 Å². The molecule has 1 heterocycles. The Bertz CT molecular complexity index is 797. The van der Waals surface area contributed by atoms with Crippen LogP contribution < -0.4 is 5.73 Å². The molecule has 3 nitrogen and oxygen atoms in total. The Hall–Kier alpha value is -1.66. The minimum absolute atomic E-state index is 0.267. The predicted octanol–water partition coefficient (Wildman–Crippen LogP) is 5.25. The maximum atomic E-state index is 13.6. The highest BCUT2D eigenvalue weighted by molar-refractivity contribution is 9.10. The van der Waals surface area contributed by atoms with E-state index in [2.05, 4.69) is 37.0 Å². The van der Waals surface area contributed by atoms with Crippen molar-refractivity contribution in [3.63, 3.8) is 0 Å². The van der Waals surface area contributed by atoms with E-state index in [0.29, 0.717) is 21.4 Å². The van der Waals surface area contributed by atoms with Crippen LogP contribution >= 0.6 is 31.9 Å². The van der Waals surface area contributed by atoms with Crippen molar-refractivity contribution in [2.75, 3.05) is 5.73 Å². The third-order valence-corrected chi connectivity index (χ3v) is 3.91. The standard InChI is InChI=1S/C15H9Br2FN2O/c16-10-3-1-2-8(4-10)13-14(21-20-15(13)19)9-5-11(17)7-12(18)6-9/h1-7H,(H2,19,20). The van der Waals surface area contributed by atoms with Crippen LogP contribution in [-0.2, 0) is 0 Å². The molecule has 0 fully saturated rings. The molecule has 0 radical (unpaired) electrons. The third-order valence-electron chi connectivity index (χ3n) is 2.96. The Morgan fingerprint density at radius 3 is 2.48 bits per heavy atom. The van der Waals surface area contributed by atoms with Gasteiger partial charge in [-0.15, -0.1) is 0 Å². The molecule has 1 aromatic heterocycles. The van der Waals surface area contributed by atoms with Crippen LogP contribution in [0.15, 0.2) is 55.9 Å². The molecule has 0 aliphatic rings. The molecule has 0 amide bonds. The van der Waals surface area contributed by atoms with E-state index in [0.717, 1.165) is 10.0 Å². The van der Waals surface area contributed by atoms with Crippen molar-refractivity contribution in [2.24, 2.45) is 0 Å². The van der Waals surface area contributed by atoms with Crippen LogP contribution in [0.1, 0.15) is 0 Å². The van der Waals surface area contributed by atoms with Crippen LogP contribution in [0.5, 0.6) is 0 Å². The molecular formula is C15H9Br2FN2O. The van der Waals surface area contributed by atoms with Crippen molar-refractivity contribution in [3.8, 4) is 22.5 Å². The number of nitrogens with zero attached hydrogens (tertiary/aromatic N) is 1. The molecule has 2 N–H and O–H groups in total. The Balaban J connectivity index is 2.21. The summed E-state index contributed by atoms with van der Waals surface area (Å²) in [5, 5.41) is 3.81. The fourth-order valence-corrected chi connectivity index (χ4v) is 2.97. The van der Waals surface area contributed by atoms with Gasteiger partial charge < -0.3 is 10.3 Å². The van der Waals surface area contributed by atoms with Gasteiger partial charge in [-0.1, -0.05) is 49.1 Å². The summed E-state index contributed by atoms with van der Waals surface area (Å²) in [6.07, 6.45) is 0. The summed E-state index contributed by atoms with van der Waals surface area (Å²) in [7, 11) is 0. The minimum Gasteiger partial charge on any atom is -0.380 e. The molecule has 6 heteroatoms. The lowest BCUT2D eigenvalue weighted by Crippen LogP contribution is -1.89. The van der Waals surface area contributed by atoms with E-state index in [1.54, 1.807) is 6.07 Å². The molecule has 21 heavy (non-hydrogen) atoms. The molecule has 106 valence electrons. The summed E-state index contributed by atoms with van der Waals surface area (Å²) in [6, 6.07) is 12.1. The molecule has 0 aliphatic heterocycles. The number of rotatable bonds is 2. The van der Waals surface area contributed by atoms with Crippen molar-refractivity contribution in [2.45, 2.75) is 0 Å². The maximum absolute atomic E-state index is 13.6. The van der Waals surface area contributed by atoms with Gasteiger partial charge in [0.05, 0.1) is 5.56 Å². The lowest BCUT2D eigenvalue weighted by molar-refractivity contribution is 0.436. The van der Waals surface area contributed by atoms with Gasteiger partial charge in [0, 0.05) is 14.5 Å². The molecule has 3 aromatic rings. The zero-order valence-corrected chi connectivity index (χ0v) is 13.8. The molecular weight excluding hydrogens is 403 g/mol. The fraction of sp³-hybridized carbons (Fsp3) is 0. The number of aromatic nitrogens is 1. The normalized spacial score (nSPS) is 10.8. The molecule has 0 bridgehead atoms. The number of benzene rings is 2. The Morgan fingerprint density at radius 2 is 1.76 bits per heavy atom.